The molecule has 0 spiro atoms. The second kappa shape index (κ2) is 5.03. The molecule has 6 nitrogen and oxygen atoms in total. The average molecular weight is 277 g/mol. The predicted octanol–water partition coefficient (Wildman–Crippen LogP) is 0.628. The molecular formula is C14H19N3O3. The van der Waals surface area contributed by atoms with Gasteiger partial charge in [-0.2, -0.15) is 0 Å². The van der Waals surface area contributed by atoms with Gasteiger partial charge in [-0.1, -0.05) is 6.07 Å². The number of nitrogens with two attached hydrogens (primary N) is 1. The normalized spacial score (nSPS) is 17.6. The molecule has 108 valence electrons. The van der Waals surface area contributed by atoms with E-state index < -0.39 is 5.54 Å². The molecule has 6 heteroatoms. The quantitative estimate of drug-likeness (QED) is 0.776. The molecular weight excluding hydrogens is 258 g/mol. The fourth-order valence-electron chi connectivity index (χ4n) is 2.34. The largest absolute Gasteiger partial charge is 0.496 e. The molecule has 1 aliphatic rings. The molecule has 20 heavy (non-hydrogen) atoms. The molecule has 2 rings (SSSR count). The van der Waals surface area contributed by atoms with Crippen molar-refractivity contribution in [3.8, 4) is 5.75 Å². The Morgan fingerprint density at radius 3 is 2.80 bits per heavy atom. The third-order valence-electron chi connectivity index (χ3n) is 3.59. The molecule has 0 aliphatic carbocycles. The van der Waals surface area contributed by atoms with Crippen molar-refractivity contribution in [3.05, 3.63) is 23.8 Å². The van der Waals surface area contributed by atoms with Crippen molar-refractivity contribution in [2.75, 3.05) is 25.9 Å². The zero-order valence-corrected chi connectivity index (χ0v) is 11.9. The van der Waals surface area contributed by atoms with E-state index in [2.05, 4.69) is 5.32 Å². The molecule has 1 aromatic rings. The van der Waals surface area contributed by atoms with E-state index in [0.717, 1.165) is 0 Å². The lowest BCUT2D eigenvalue weighted by atomic mass is 9.97. The van der Waals surface area contributed by atoms with Gasteiger partial charge in [0.1, 0.15) is 16.9 Å². The topological polar surface area (TPSA) is 84.7 Å². The summed E-state index contributed by atoms with van der Waals surface area (Å²) in [7, 11) is 1.49. The molecule has 0 aromatic heterocycles. The summed E-state index contributed by atoms with van der Waals surface area (Å²) in [6.45, 7) is 4.30. The van der Waals surface area contributed by atoms with Gasteiger partial charge in [-0.3, -0.25) is 9.59 Å². The number of nitrogens with one attached hydrogen (secondary N) is 1. The summed E-state index contributed by atoms with van der Waals surface area (Å²) in [5.41, 5.74) is 5.63. The number of anilines is 1. The second-order valence-electron chi connectivity index (χ2n) is 5.20. The van der Waals surface area contributed by atoms with Crippen molar-refractivity contribution in [2.45, 2.75) is 19.4 Å². The van der Waals surface area contributed by atoms with Crippen LogP contribution in [0.1, 0.15) is 24.2 Å². The van der Waals surface area contributed by atoms with Crippen LogP contribution in [0.4, 0.5) is 5.69 Å². The number of ether oxygens (including phenoxy) is 1. The maximum absolute atomic E-state index is 12.7. The van der Waals surface area contributed by atoms with Gasteiger partial charge in [0.05, 0.1) is 7.11 Å². The number of benzene rings is 1. The zero-order valence-electron chi connectivity index (χ0n) is 11.9. The highest BCUT2D eigenvalue weighted by molar-refractivity contribution is 6.05. The lowest BCUT2D eigenvalue weighted by Gasteiger charge is -2.41. The van der Waals surface area contributed by atoms with Crippen molar-refractivity contribution in [3.63, 3.8) is 0 Å². The van der Waals surface area contributed by atoms with E-state index >= 15 is 0 Å². The highest BCUT2D eigenvalue weighted by Crippen LogP contribution is 2.29. The van der Waals surface area contributed by atoms with Crippen molar-refractivity contribution >= 4 is 17.5 Å². The maximum atomic E-state index is 12.7. The number of carbonyl (C=O) groups excluding carboxylic acids is 2. The van der Waals surface area contributed by atoms with E-state index in [4.69, 9.17) is 10.5 Å². The molecule has 0 radical (unpaired) electrons. The molecule has 1 aliphatic heterocycles. The summed E-state index contributed by atoms with van der Waals surface area (Å²) < 4.78 is 5.21. The van der Waals surface area contributed by atoms with Crippen LogP contribution in [0, 0.1) is 0 Å². The minimum atomic E-state index is -0.914. The summed E-state index contributed by atoms with van der Waals surface area (Å²) in [5, 5.41) is 2.76. The number of methoxy groups -OCH3 is 1. The standard InChI is InChI=1S/C14H19N3O3/c1-14(2)13(19)16-7-8-17(14)12(18)11-9(15)5-4-6-10(11)20-3/h4-6H,7-8,15H2,1-3H3,(H,16,19). The first-order chi connectivity index (χ1) is 9.39. The molecule has 0 atom stereocenters. The van der Waals surface area contributed by atoms with Gasteiger partial charge in [-0.25, -0.2) is 0 Å². The SMILES string of the molecule is COc1cccc(N)c1C(=O)N1CCNC(=O)C1(C)C. The first-order valence-corrected chi connectivity index (χ1v) is 6.42. The Labute approximate surface area is 117 Å². The predicted molar refractivity (Wildman–Crippen MR) is 75.5 cm³/mol. The van der Waals surface area contributed by atoms with Gasteiger partial charge >= 0.3 is 0 Å². The van der Waals surface area contributed by atoms with Crippen molar-refractivity contribution in [2.24, 2.45) is 0 Å². The maximum Gasteiger partial charge on any atom is 0.260 e. The van der Waals surface area contributed by atoms with Crippen LogP contribution in [0.5, 0.6) is 5.75 Å². The molecule has 0 saturated carbocycles. The Bertz CT molecular complexity index is 555. The number of nitrogens with zero attached hydrogens (tertiary/aromatic N) is 1. The number of carbonyl (C=O) groups is 2. The number of hydrogen-bond donors (Lipinski definition) is 2. The molecule has 1 fully saturated rings. The molecule has 2 amide bonds. The van der Waals surface area contributed by atoms with E-state index in [0.29, 0.717) is 30.1 Å². The van der Waals surface area contributed by atoms with E-state index in [1.807, 2.05) is 0 Å². The van der Waals surface area contributed by atoms with E-state index in [1.165, 1.54) is 12.0 Å². The van der Waals surface area contributed by atoms with Crippen molar-refractivity contribution < 1.29 is 14.3 Å². The number of hydrogen-bond acceptors (Lipinski definition) is 4. The molecule has 1 saturated heterocycles. The van der Waals surface area contributed by atoms with Crippen LogP contribution in [0.15, 0.2) is 18.2 Å². The van der Waals surface area contributed by atoms with E-state index in [9.17, 15) is 9.59 Å². The van der Waals surface area contributed by atoms with Crippen LogP contribution >= 0.6 is 0 Å². The van der Waals surface area contributed by atoms with Crippen LogP contribution in [0.3, 0.4) is 0 Å². The summed E-state index contributed by atoms with van der Waals surface area (Å²) in [5.74, 6) is -0.0536. The van der Waals surface area contributed by atoms with E-state index in [1.54, 1.807) is 32.0 Å². The number of rotatable bonds is 2. The van der Waals surface area contributed by atoms with Gasteiger partial charge in [0, 0.05) is 18.8 Å². The van der Waals surface area contributed by atoms with Crippen LogP contribution in [0.25, 0.3) is 0 Å². The van der Waals surface area contributed by atoms with Crippen LogP contribution in [-0.4, -0.2) is 42.5 Å². The third-order valence-corrected chi connectivity index (χ3v) is 3.59. The second-order valence-corrected chi connectivity index (χ2v) is 5.20. The Balaban J connectivity index is 2.44. The first kappa shape index (κ1) is 14.2. The van der Waals surface area contributed by atoms with E-state index in [-0.39, 0.29) is 11.8 Å². The van der Waals surface area contributed by atoms with Crippen LogP contribution in [0.2, 0.25) is 0 Å². The van der Waals surface area contributed by atoms with Crippen LogP contribution < -0.4 is 15.8 Å². The fraction of sp³-hybridized carbons (Fsp3) is 0.429. The van der Waals surface area contributed by atoms with Crippen molar-refractivity contribution in [1.29, 1.82) is 0 Å². The van der Waals surface area contributed by atoms with Gasteiger partial charge < -0.3 is 20.7 Å². The highest BCUT2D eigenvalue weighted by Gasteiger charge is 2.41. The van der Waals surface area contributed by atoms with Gasteiger partial charge in [0.2, 0.25) is 5.91 Å². The minimum absolute atomic E-state index is 0.175. The summed E-state index contributed by atoms with van der Waals surface area (Å²) >= 11 is 0. The van der Waals surface area contributed by atoms with Gasteiger partial charge in [0.15, 0.2) is 0 Å². The average Bonchev–Trinajstić information content (AvgIpc) is 2.40. The molecule has 0 bridgehead atoms. The molecule has 3 N–H and O–H groups in total. The lowest BCUT2D eigenvalue weighted by Crippen LogP contribution is -2.63. The van der Waals surface area contributed by atoms with Gasteiger partial charge in [-0.05, 0) is 26.0 Å². The summed E-state index contributed by atoms with van der Waals surface area (Å²) in [6, 6.07) is 5.05. The smallest absolute Gasteiger partial charge is 0.260 e. The third kappa shape index (κ3) is 2.17. The zero-order chi connectivity index (χ0) is 14.9. The summed E-state index contributed by atoms with van der Waals surface area (Å²) in [4.78, 5) is 26.2. The van der Waals surface area contributed by atoms with Crippen molar-refractivity contribution in [1.82, 2.24) is 10.2 Å². The fourth-order valence-corrected chi connectivity index (χ4v) is 2.34. The number of amides is 2. The Kier molecular flexibility index (Phi) is 3.57. The summed E-state index contributed by atoms with van der Waals surface area (Å²) in [6.07, 6.45) is 0. The van der Waals surface area contributed by atoms with Gasteiger partial charge in [-0.15, -0.1) is 0 Å². The van der Waals surface area contributed by atoms with Crippen LogP contribution in [-0.2, 0) is 4.79 Å². The first-order valence-electron chi connectivity index (χ1n) is 6.42. The number of nitrogen functional groups attached to an aromatic ring is 1. The molecule has 1 heterocycles. The highest BCUT2D eigenvalue weighted by atomic mass is 16.5. The monoisotopic (exact) mass is 277 g/mol. The Morgan fingerprint density at radius 1 is 1.45 bits per heavy atom. The van der Waals surface area contributed by atoms with Gasteiger partial charge in [0.25, 0.3) is 5.91 Å². The molecule has 0 unspecified atom stereocenters. The molecule has 1 aromatic carbocycles. The Morgan fingerprint density at radius 2 is 2.15 bits per heavy atom. The lowest BCUT2D eigenvalue weighted by molar-refractivity contribution is -0.133. The Hall–Kier alpha value is -2.24. The number of piperazine rings is 1. The minimum Gasteiger partial charge on any atom is -0.496 e.